The number of aromatic nitrogens is 2. The smallest absolute Gasteiger partial charge is 0.233 e. The predicted molar refractivity (Wildman–Crippen MR) is 82.3 cm³/mol. The van der Waals surface area contributed by atoms with Gasteiger partial charge in [-0.3, -0.25) is 4.79 Å². The average molecular weight is 313 g/mol. The summed E-state index contributed by atoms with van der Waals surface area (Å²) in [4.78, 5) is 19.2. The molecule has 120 valence electrons. The molecule has 2 aromatic rings. The molecular weight excluding hydrogens is 294 g/mol. The summed E-state index contributed by atoms with van der Waals surface area (Å²) in [7, 11) is 0. The number of carbonyl (C=O) groups is 1. The summed E-state index contributed by atoms with van der Waals surface area (Å²) < 4.78 is 10.7. The van der Waals surface area contributed by atoms with Gasteiger partial charge in [-0.2, -0.15) is 4.98 Å². The monoisotopic (exact) mass is 313 g/mol. The third-order valence-electron chi connectivity index (χ3n) is 4.64. The van der Waals surface area contributed by atoms with Crippen molar-refractivity contribution < 1.29 is 14.1 Å². The quantitative estimate of drug-likeness (QED) is 0.850. The fourth-order valence-corrected chi connectivity index (χ4v) is 3.46. The van der Waals surface area contributed by atoms with Crippen molar-refractivity contribution in [2.45, 2.75) is 31.6 Å². The number of benzene rings is 1. The van der Waals surface area contributed by atoms with Crippen molar-refractivity contribution in [3.05, 3.63) is 41.5 Å². The zero-order valence-electron chi connectivity index (χ0n) is 13.1. The Hall–Kier alpha value is -2.37. The number of amides is 1. The lowest BCUT2D eigenvalue weighted by Gasteiger charge is -2.32. The van der Waals surface area contributed by atoms with Crippen LogP contribution in [-0.4, -0.2) is 40.6 Å². The molecule has 6 nitrogen and oxygen atoms in total. The lowest BCUT2D eigenvalue weighted by molar-refractivity contribution is -0.134. The molecule has 1 amide bonds. The molecular formula is C17H19N3O3. The maximum Gasteiger partial charge on any atom is 0.233 e. The minimum absolute atomic E-state index is 0.139. The number of hydrogen-bond donors (Lipinski definition) is 0. The van der Waals surface area contributed by atoms with Gasteiger partial charge < -0.3 is 14.2 Å². The third-order valence-corrected chi connectivity index (χ3v) is 4.64. The molecule has 0 N–H and O–H groups in total. The van der Waals surface area contributed by atoms with Crippen molar-refractivity contribution in [1.82, 2.24) is 15.0 Å². The molecule has 0 radical (unpaired) electrons. The van der Waals surface area contributed by atoms with Crippen molar-refractivity contribution in [2.24, 2.45) is 0 Å². The Balaban J connectivity index is 1.51. The molecule has 2 aliphatic rings. The van der Waals surface area contributed by atoms with Crippen LogP contribution in [0, 0.1) is 6.92 Å². The predicted octanol–water partition coefficient (Wildman–Crippen LogP) is 2.26. The molecule has 2 aliphatic heterocycles. The van der Waals surface area contributed by atoms with Crippen LogP contribution in [0.1, 0.15) is 42.0 Å². The van der Waals surface area contributed by atoms with E-state index in [9.17, 15) is 4.79 Å². The van der Waals surface area contributed by atoms with E-state index >= 15 is 0 Å². The van der Waals surface area contributed by atoms with E-state index in [4.69, 9.17) is 9.26 Å². The molecule has 2 atom stereocenters. The molecule has 3 heterocycles. The Kier molecular flexibility index (Phi) is 3.52. The zero-order valence-corrected chi connectivity index (χ0v) is 13.1. The highest BCUT2D eigenvalue weighted by atomic mass is 16.5. The minimum atomic E-state index is -0.197. The van der Waals surface area contributed by atoms with E-state index < -0.39 is 0 Å². The second-order valence-electron chi connectivity index (χ2n) is 6.20. The van der Waals surface area contributed by atoms with E-state index in [0.29, 0.717) is 24.9 Å². The number of aryl methyl sites for hydroxylation is 1. The molecule has 1 aromatic carbocycles. The van der Waals surface area contributed by atoms with Gasteiger partial charge >= 0.3 is 0 Å². The third kappa shape index (κ3) is 2.58. The van der Waals surface area contributed by atoms with Gasteiger partial charge in [-0.1, -0.05) is 23.4 Å². The van der Waals surface area contributed by atoms with E-state index in [1.165, 1.54) is 0 Å². The van der Waals surface area contributed by atoms with Gasteiger partial charge in [-0.25, -0.2) is 0 Å². The Labute approximate surface area is 134 Å². The highest BCUT2D eigenvalue weighted by Gasteiger charge is 2.36. The largest absolute Gasteiger partial charge is 0.492 e. The van der Waals surface area contributed by atoms with Crippen molar-refractivity contribution in [3.8, 4) is 5.75 Å². The molecule has 6 heteroatoms. The molecule has 0 spiro atoms. The molecule has 0 bridgehead atoms. The fraction of sp³-hybridized carbons (Fsp3) is 0.471. The van der Waals surface area contributed by atoms with Gasteiger partial charge in [0.25, 0.3) is 0 Å². The first-order chi connectivity index (χ1) is 11.2. The van der Waals surface area contributed by atoms with Gasteiger partial charge in [0.15, 0.2) is 5.82 Å². The summed E-state index contributed by atoms with van der Waals surface area (Å²) >= 11 is 0. The van der Waals surface area contributed by atoms with Gasteiger partial charge in [0.2, 0.25) is 11.8 Å². The Morgan fingerprint density at radius 3 is 3.04 bits per heavy atom. The van der Waals surface area contributed by atoms with Crippen molar-refractivity contribution in [1.29, 1.82) is 0 Å². The van der Waals surface area contributed by atoms with Crippen molar-refractivity contribution >= 4 is 5.91 Å². The maximum atomic E-state index is 12.9. The van der Waals surface area contributed by atoms with Crippen LogP contribution < -0.4 is 4.74 Å². The summed E-state index contributed by atoms with van der Waals surface area (Å²) in [5, 5.41) is 4.02. The number of fused-ring (bicyclic) bond motifs is 1. The van der Waals surface area contributed by atoms with Crippen LogP contribution in [0.15, 0.2) is 28.8 Å². The number of para-hydroxylation sites is 1. The SMILES string of the molecule is Cc1nc([C@H]2CCCN(C(=O)[C@H]3COc4ccccc43)C2)no1. The Morgan fingerprint density at radius 2 is 2.22 bits per heavy atom. The van der Waals surface area contributed by atoms with E-state index in [1.807, 2.05) is 29.2 Å². The molecule has 4 rings (SSSR count). The number of piperidine rings is 1. The number of ether oxygens (including phenoxy) is 1. The van der Waals surface area contributed by atoms with Gasteiger partial charge in [0.1, 0.15) is 18.3 Å². The topological polar surface area (TPSA) is 68.5 Å². The lowest BCUT2D eigenvalue weighted by Crippen LogP contribution is -2.42. The standard InChI is InChI=1S/C17H19N3O3/c1-11-18-16(19-23-11)12-5-4-8-20(9-12)17(21)14-10-22-15-7-3-2-6-13(14)15/h2-3,6-7,12,14H,4-5,8-10H2,1H3/t12-,14-/m0/s1. The van der Waals surface area contributed by atoms with Crippen LogP contribution in [0.2, 0.25) is 0 Å². The van der Waals surface area contributed by atoms with Crippen LogP contribution in [-0.2, 0) is 4.79 Å². The number of hydrogen-bond acceptors (Lipinski definition) is 5. The summed E-state index contributed by atoms with van der Waals surface area (Å²) in [6.07, 6.45) is 1.94. The van der Waals surface area contributed by atoms with Crippen LogP contribution in [0.25, 0.3) is 0 Å². The summed E-state index contributed by atoms with van der Waals surface area (Å²) in [6.45, 7) is 3.65. The number of carbonyl (C=O) groups excluding carboxylic acids is 1. The molecule has 0 unspecified atom stereocenters. The Morgan fingerprint density at radius 1 is 1.35 bits per heavy atom. The minimum Gasteiger partial charge on any atom is -0.492 e. The molecule has 23 heavy (non-hydrogen) atoms. The maximum absolute atomic E-state index is 12.9. The molecule has 1 aromatic heterocycles. The lowest BCUT2D eigenvalue weighted by atomic mass is 9.94. The van der Waals surface area contributed by atoms with Crippen molar-refractivity contribution in [3.63, 3.8) is 0 Å². The first-order valence-corrected chi connectivity index (χ1v) is 8.03. The van der Waals surface area contributed by atoms with Crippen molar-refractivity contribution in [2.75, 3.05) is 19.7 Å². The van der Waals surface area contributed by atoms with Gasteiger partial charge in [-0.05, 0) is 18.9 Å². The molecule has 1 saturated heterocycles. The van der Waals surface area contributed by atoms with Crippen LogP contribution in [0.4, 0.5) is 0 Å². The van der Waals surface area contributed by atoms with Gasteiger partial charge in [-0.15, -0.1) is 0 Å². The number of nitrogens with zero attached hydrogens (tertiary/aromatic N) is 3. The normalized spacial score (nSPS) is 23.4. The number of likely N-dealkylation sites (tertiary alicyclic amines) is 1. The van der Waals surface area contributed by atoms with Crippen LogP contribution in [0.5, 0.6) is 5.75 Å². The van der Waals surface area contributed by atoms with E-state index in [0.717, 1.165) is 30.7 Å². The first-order valence-electron chi connectivity index (χ1n) is 8.03. The molecule has 0 saturated carbocycles. The average Bonchev–Trinajstić information content (AvgIpc) is 3.20. The van der Waals surface area contributed by atoms with E-state index in [1.54, 1.807) is 6.92 Å². The van der Waals surface area contributed by atoms with Gasteiger partial charge in [0.05, 0.1) is 0 Å². The van der Waals surface area contributed by atoms with E-state index in [-0.39, 0.29) is 17.7 Å². The zero-order chi connectivity index (χ0) is 15.8. The molecule has 1 fully saturated rings. The summed E-state index contributed by atoms with van der Waals surface area (Å²) in [6, 6.07) is 7.79. The highest BCUT2D eigenvalue weighted by molar-refractivity contribution is 5.85. The fourth-order valence-electron chi connectivity index (χ4n) is 3.46. The summed E-state index contributed by atoms with van der Waals surface area (Å²) in [5.41, 5.74) is 0.995. The summed E-state index contributed by atoms with van der Waals surface area (Å²) in [5.74, 6) is 2.21. The molecule has 0 aliphatic carbocycles. The van der Waals surface area contributed by atoms with E-state index in [2.05, 4.69) is 10.1 Å². The first kappa shape index (κ1) is 14.2. The Bertz CT molecular complexity index is 727. The number of rotatable bonds is 2. The van der Waals surface area contributed by atoms with Gasteiger partial charge in [0, 0.05) is 31.5 Å². The second kappa shape index (κ2) is 5.68. The van der Waals surface area contributed by atoms with Crippen LogP contribution in [0.3, 0.4) is 0 Å². The highest BCUT2D eigenvalue weighted by Crippen LogP contribution is 2.36. The van der Waals surface area contributed by atoms with Crippen LogP contribution >= 0.6 is 0 Å². The second-order valence-corrected chi connectivity index (χ2v) is 6.20.